The number of nitrogens with zero attached hydrogens (tertiary/aromatic N) is 3. The van der Waals surface area contributed by atoms with E-state index in [9.17, 15) is 27.2 Å². The molecule has 3 aliphatic rings. The molecule has 2 aliphatic carbocycles. The summed E-state index contributed by atoms with van der Waals surface area (Å²) in [5, 5.41) is 1.55. The molecule has 2 heterocycles. The van der Waals surface area contributed by atoms with Crippen LogP contribution in [0.3, 0.4) is 0 Å². The summed E-state index contributed by atoms with van der Waals surface area (Å²) in [5.41, 5.74) is 2.87. The number of fused-ring (bicyclic) bond motifs is 3. The van der Waals surface area contributed by atoms with Crippen LogP contribution < -0.4 is 0 Å². The molecule has 1 amide bonds. The van der Waals surface area contributed by atoms with Crippen molar-refractivity contribution in [3.63, 3.8) is 0 Å². The topological polar surface area (TPSA) is 64.4 Å². The summed E-state index contributed by atoms with van der Waals surface area (Å²) in [6.45, 7) is 4.19. The molecule has 1 aliphatic heterocycles. The van der Waals surface area contributed by atoms with Crippen LogP contribution >= 0.6 is 0 Å². The maximum Gasteiger partial charge on any atom is 0.410 e. The van der Waals surface area contributed by atoms with Crippen molar-refractivity contribution >= 4 is 22.6 Å². The van der Waals surface area contributed by atoms with E-state index in [4.69, 9.17) is 9.72 Å². The average molecular weight is 586 g/mol. The zero-order valence-electron chi connectivity index (χ0n) is 23.9. The number of imidazole rings is 1. The van der Waals surface area contributed by atoms with Crippen LogP contribution in [0.2, 0.25) is 0 Å². The number of carbonyl (C=O) groups excluding carboxylic acids is 2. The highest BCUT2D eigenvalue weighted by Gasteiger charge is 2.56. The van der Waals surface area contributed by atoms with Crippen molar-refractivity contribution in [2.45, 2.75) is 90.0 Å². The van der Waals surface area contributed by atoms with Crippen molar-refractivity contribution in [2.24, 2.45) is 5.41 Å². The molecule has 6 nitrogen and oxygen atoms in total. The van der Waals surface area contributed by atoms with E-state index in [1.165, 1.54) is 17.0 Å². The highest BCUT2D eigenvalue weighted by Crippen LogP contribution is 2.47. The minimum absolute atomic E-state index is 0.00729. The molecule has 42 heavy (non-hydrogen) atoms. The van der Waals surface area contributed by atoms with Crippen LogP contribution in [0.4, 0.5) is 22.4 Å². The second kappa shape index (κ2) is 10.7. The van der Waals surface area contributed by atoms with Crippen LogP contribution in [0.1, 0.15) is 73.8 Å². The van der Waals surface area contributed by atoms with E-state index in [-0.39, 0.29) is 50.2 Å². The van der Waals surface area contributed by atoms with Crippen LogP contribution in [0.15, 0.2) is 30.3 Å². The van der Waals surface area contributed by atoms with Crippen molar-refractivity contribution < 1.29 is 31.9 Å². The molecule has 10 heteroatoms. The number of carbonyl (C=O) groups is 2. The Morgan fingerprint density at radius 3 is 2.62 bits per heavy atom. The molecule has 224 valence electrons. The summed E-state index contributed by atoms with van der Waals surface area (Å²) < 4.78 is 60.5. The third-order valence-electron chi connectivity index (χ3n) is 8.93. The fraction of sp³-hybridized carbons (Fsp3) is 0.531. The molecule has 2 aromatic carbocycles. The van der Waals surface area contributed by atoms with E-state index in [0.29, 0.717) is 12.2 Å². The third-order valence-corrected chi connectivity index (χ3v) is 8.93. The van der Waals surface area contributed by atoms with Gasteiger partial charge >= 0.3 is 12.3 Å². The summed E-state index contributed by atoms with van der Waals surface area (Å²) in [4.78, 5) is 33.4. The maximum absolute atomic E-state index is 14.4. The Kier molecular flexibility index (Phi) is 7.30. The molecule has 3 aromatic rings. The Morgan fingerprint density at radius 1 is 1.12 bits per heavy atom. The van der Waals surface area contributed by atoms with Gasteiger partial charge in [0, 0.05) is 38.2 Å². The van der Waals surface area contributed by atoms with Gasteiger partial charge in [0.1, 0.15) is 11.6 Å². The van der Waals surface area contributed by atoms with Gasteiger partial charge in [0.25, 0.3) is 0 Å². The molecule has 1 atom stereocenters. The third kappa shape index (κ3) is 5.40. The van der Waals surface area contributed by atoms with Gasteiger partial charge in [-0.1, -0.05) is 18.2 Å². The Hall–Kier alpha value is -3.43. The van der Waals surface area contributed by atoms with Crippen molar-refractivity contribution in [3.8, 4) is 0 Å². The molecule has 1 aromatic heterocycles. The second-order valence-electron chi connectivity index (χ2n) is 12.4. The minimum Gasteiger partial charge on any atom is -0.447 e. The quantitative estimate of drug-likeness (QED) is 0.302. The van der Waals surface area contributed by atoms with Gasteiger partial charge in [0.15, 0.2) is 5.78 Å². The summed E-state index contributed by atoms with van der Waals surface area (Å²) in [7, 11) is 0. The Bertz CT molecular complexity index is 1540. The number of likely N-dealkylation sites (tertiary alicyclic amines) is 1. The first-order chi connectivity index (χ1) is 19.9. The number of rotatable bonds is 6. The second-order valence-corrected chi connectivity index (χ2v) is 12.4. The highest BCUT2D eigenvalue weighted by molar-refractivity contribution is 5.98. The predicted molar refractivity (Wildman–Crippen MR) is 149 cm³/mol. The van der Waals surface area contributed by atoms with E-state index in [1.54, 1.807) is 19.9 Å². The Balaban J connectivity index is 1.37. The van der Waals surface area contributed by atoms with Crippen LogP contribution in [0.25, 0.3) is 10.8 Å². The fourth-order valence-corrected chi connectivity index (χ4v) is 7.03. The number of benzene rings is 2. The monoisotopic (exact) mass is 585 g/mol. The number of hydrogen-bond acceptors (Lipinski definition) is 4. The standard InChI is InChI=1S/C32H35F4N3O3/c1-19(2)42-30(41)38-17-31(18-38)16-22-12-21-13-23(33)9-8-20(21)14-24(22)25(29(31)40)15-28-37-26-6-3-4-7-27(26)39(28)11-5-10-32(34,35)36/h8-9,12-14,19,25H,3-7,10-11,15-18H2,1-2H3. The van der Waals surface area contributed by atoms with Crippen molar-refractivity contribution in [1.82, 2.24) is 14.5 Å². The van der Waals surface area contributed by atoms with Crippen LogP contribution in [-0.2, 0) is 41.8 Å². The first kappa shape index (κ1) is 28.7. The van der Waals surface area contributed by atoms with Gasteiger partial charge in [0.05, 0.1) is 23.1 Å². The van der Waals surface area contributed by atoms with Crippen molar-refractivity contribution in [2.75, 3.05) is 13.1 Å². The number of alkyl halides is 3. The zero-order valence-corrected chi connectivity index (χ0v) is 23.9. The molecule has 1 unspecified atom stereocenters. The van der Waals surface area contributed by atoms with Crippen LogP contribution in [0, 0.1) is 11.2 Å². The number of ketones is 1. The predicted octanol–water partition coefficient (Wildman–Crippen LogP) is 6.70. The SMILES string of the molecule is CC(C)OC(=O)N1CC2(Cc3cc4cc(F)ccc4cc3C(Cc3nc4c(n3CCCC(F)(F)F)CCCC4)C2=O)C1. The van der Waals surface area contributed by atoms with Crippen molar-refractivity contribution in [1.29, 1.82) is 0 Å². The molecule has 1 spiro atoms. The molecule has 0 saturated carbocycles. The molecule has 6 rings (SSSR count). The van der Waals surface area contributed by atoms with Gasteiger partial charge < -0.3 is 14.2 Å². The summed E-state index contributed by atoms with van der Waals surface area (Å²) >= 11 is 0. The highest BCUT2D eigenvalue weighted by atomic mass is 19.4. The first-order valence-electron chi connectivity index (χ1n) is 14.8. The first-order valence-corrected chi connectivity index (χ1v) is 14.8. The van der Waals surface area contributed by atoms with Crippen LogP contribution in [0.5, 0.6) is 0 Å². The number of ether oxygens (including phenoxy) is 1. The molecule has 1 fully saturated rings. The normalized spacial score (nSPS) is 19.6. The molecule has 0 radical (unpaired) electrons. The number of aryl methyl sites for hydroxylation is 1. The van der Waals surface area contributed by atoms with Gasteiger partial charge in [-0.25, -0.2) is 14.2 Å². The number of halogens is 4. The minimum atomic E-state index is -4.24. The fourth-order valence-electron chi connectivity index (χ4n) is 7.03. The number of aromatic nitrogens is 2. The van der Waals surface area contributed by atoms with Gasteiger partial charge in [-0.2, -0.15) is 13.2 Å². The largest absolute Gasteiger partial charge is 0.447 e. The lowest BCUT2D eigenvalue weighted by Gasteiger charge is -2.52. The molecule has 0 N–H and O–H groups in total. The molecule has 0 bridgehead atoms. The lowest BCUT2D eigenvalue weighted by Crippen LogP contribution is -2.65. The van der Waals surface area contributed by atoms with E-state index >= 15 is 0 Å². The Labute approximate surface area is 242 Å². The number of hydrogen-bond donors (Lipinski definition) is 0. The van der Waals surface area contributed by atoms with Crippen LogP contribution in [-0.4, -0.2) is 51.7 Å². The van der Waals surface area contributed by atoms with Gasteiger partial charge in [-0.3, -0.25) is 4.79 Å². The molecule has 1 saturated heterocycles. The summed E-state index contributed by atoms with van der Waals surface area (Å²) in [5.74, 6) is -0.289. The zero-order chi connectivity index (χ0) is 29.8. The summed E-state index contributed by atoms with van der Waals surface area (Å²) in [6, 6.07) is 8.44. The van der Waals surface area contributed by atoms with E-state index in [2.05, 4.69) is 0 Å². The maximum atomic E-state index is 14.4. The molecular weight excluding hydrogens is 550 g/mol. The number of Topliss-reactive ketones (excluding diaryl/α,β-unsaturated/α-hetero) is 1. The number of amides is 1. The van der Waals surface area contributed by atoms with Gasteiger partial charge in [-0.05, 0) is 86.4 Å². The summed E-state index contributed by atoms with van der Waals surface area (Å²) in [6.07, 6.45) is -1.76. The smallest absolute Gasteiger partial charge is 0.410 e. The Morgan fingerprint density at radius 2 is 1.88 bits per heavy atom. The van der Waals surface area contributed by atoms with Crippen molar-refractivity contribution in [3.05, 3.63) is 64.5 Å². The average Bonchev–Trinajstić information content (AvgIpc) is 3.23. The molecular formula is C32H35F4N3O3. The lowest BCUT2D eigenvalue weighted by atomic mass is 9.61. The van der Waals surface area contributed by atoms with E-state index in [1.807, 2.05) is 16.7 Å². The van der Waals surface area contributed by atoms with Gasteiger partial charge in [-0.15, -0.1) is 0 Å². The van der Waals surface area contributed by atoms with E-state index < -0.39 is 30.0 Å². The van der Waals surface area contributed by atoms with Gasteiger partial charge in [0.2, 0.25) is 0 Å². The van der Waals surface area contributed by atoms with E-state index in [0.717, 1.165) is 59.0 Å². The lowest BCUT2D eigenvalue weighted by molar-refractivity contribution is -0.140.